The number of carbonyl (C=O) groups is 1. The Morgan fingerprint density at radius 2 is 2.00 bits per heavy atom. The van der Waals surface area contributed by atoms with Gasteiger partial charge in [0.15, 0.2) is 0 Å². The van der Waals surface area contributed by atoms with E-state index in [0.717, 1.165) is 5.56 Å². The number of ether oxygens (including phenoxy) is 1. The van der Waals surface area contributed by atoms with Crippen LogP contribution < -0.4 is 16.0 Å². The van der Waals surface area contributed by atoms with Crippen LogP contribution in [0.3, 0.4) is 0 Å². The minimum Gasteiger partial charge on any atom is -0.496 e. The molecule has 3 N–H and O–H groups in total. The van der Waals surface area contributed by atoms with E-state index in [4.69, 9.17) is 10.6 Å². The summed E-state index contributed by atoms with van der Waals surface area (Å²) in [5, 5.41) is 0. The van der Waals surface area contributed by atoms with Crippen LogP contribution >= 0.6 is 0 Å². The second kappa shape index (κ2) is 5.24. The maximum Gasteiger partial charge on any atom is 0.284 e. The molecule has 0 aliphatic heterocycles. The van der Waals surface area contributed by atoms with Crippen molar-refractivity contribution in [1.82, 2.24) is 15.4 Å². The normalized spacial score (nSPS) is 9.89. The molecule has 2 aromatic rings. The zero-order chi connectivity index (χ0) is 13.0. The maximum absolute atomic E-state index is 11.7. The van der Waals surface area contributed by atoms with Crippen molar-refractivity contribution in [3.05, 3.63) is 42.5 Å². The molecule has 0 fully saturated rings. The number of pyridine rings is 2. The van der Waals surface area contributed by atoms with Crippen molar-refractivity contribution in [1.29, 1.82) is 0 Å². The highest BCUT2D eigenvalue weighted by molar-refractivity contribution is 6.00. The molecule has 0 atom stereocenters. The molecule has 2 rings (SSSR count). The smallest absolute Gasteiger partial charge is 0.284 e. The van der Waals surface area contributed by atoms with E-state index in [1.165, 1.54) is 13.3 Å². The van der Waals surface area contributed by atoms with Gasteiger partial charge >= 0.3 is 0 Å². The van der Waals surface area contributed by atoms with Gasteiger partial charge in [-0.2, -0.15) is 0 Å². The van der Waals surface area contributed by atoms with E-state index in [-0.39, 0.29) is 5.69 Å². The third-order valence-corrected chi connectivity index (χ3v) is 2.45. The van der Waals surface area contributed by atoms with Crippen molar-refractivity contribution in [3.63, 3.8) is 0 Å². The Balaban J connectivity index is 2.66. The maximum atomic E-state index is 11.7. The Labute approximate surface area is 104 Å². The monoisotopic (exact) mass is 244 g/mol. The van der Waals surface area contributed by atoms with Gasteiger partial charge in [0, 0.05) is 18.6 Å². The summed E-state index contributed by atoms with van der Waals surface area (Å²) < 4.78 is 5.25. The van der Waals surface area contributed by atoms with E-state index in [2.05, 4.69) is 15.4 Å². The summed E-state index contributed by atoms with van der Waals surface area (Å²) in [7, 11) is 1.53. The number of nitrogens with zero attached hydrogens (tertiary/aromatic N) is 2. The van der Waals surface area contributed by atoms with Crippen molar-refractivity contribution in [3.8, 4) is 16.9 Å². The molecule has 0 bridgehead atoms. The van der Waals surface area contributed by atoms with Gasteiger partial charge < -0.3 is 4.74 Å². The molecule has 18 heavy (non-hydrogen) atoms. The molecule has 0 aromatic carbocycles. The molecule has 0 saturated heterocycles. The van der Waals surface area contributed by atoms with Gasteiger partial charge in [0.25, 0.3) is 5.91 Å². The van der Waals surface area contributed by atoms with Crippen LogP contribution in [-0.2, 0) is 0 Å². The quantitative estimate of drug-likeness (QED) is 0.472. The molecule has 0 aliphatic rings. The molecule has 0 unspecified atom stereocenters. The van der Waals surface area contributed by atoms with Gasteiger partial charge in [-0.25, -0.2) is 5.84 Å². The summed E-state index contributed by atoms with van der Waals surface area (Å²) in [4.78, 5) is 19.7. The first-order valence-corrected chi connectivity index (χ1v) is 5.22. The summed E-state index contributed by atoms with van der Waals surface area (Å²) in [5.74, 6) is 5.23. The first-order chi connectivity index (χ1) is 8.77. The Bertz CT molecular complexity index is 557. The molecule has 0 radical (unpaired) electrons. The number of amides is 1. The third kappa shape index (κ3) is 2.14. The molecule has 0 saturated carbocycles. The Morgan fingerprint density at radius 3 is 2.61 bits per heavy atom. The predicted octanol–water partition coefficient (Wildman–Crippen LogP) is 0.756. The summed E-state index contributed by atoms with van der Waals surface area (Å²) in [6.07, 6.45) is 4.76. The molecule has 0 aliphatic carbocycles. The standard InChI is InChI=1S/C12H12N4O2/c1-18-9-4-7-15-11(12(17)16-13)10(9)8-2-5-14-6-3-8/h2-7H,13H2,1H3,(H,16,17). The highest BCUT2D eigenvalue weighted by Crippen LogP contribution is 2.31. The van der Waals surface area contributed by atoms with Crippen LogP contribution in [-0.4, -0.2) is 23.0 Å². The fraction of sp³-hybridized carbons (Fsp3) is 0.0833. The van der Waals surface area contributed by atoms with Crippen LogP contribution in [0.4, 0.5) is 0 Å². The molecule has 2 aromatic heterocycles. The van der Waals surface area contributed by atoms with Crippen molar-refractivity contribution >= 4 is 5.91 Å². The Hall–Kier alpha value is -2.47. The number of hydrogen-bond donors (Lipinski definition) is 2. The van der Waals surface area contributed by atoms with E-state index in [1.54, 1.807) is 30.6 Å². The van der Waals surface area contributed by atoms with Gasteiger partial charge in [0.2, 0.25) is 0 Å². The minimum atomic E-state index is -0.472. The lowest BCUT2D eigenvalue weighted by Gasteiger charge is -2.11. The number of carbonyl (C=O) groups excluding carboxylic acids is 1. The number of nitrogen functional groups attached to an aromatic ring is 1. The summed E-state index contributed by atoms with van der Waals surface area (Å²) in [5.41, 5.74) is 3.66. The molecule has 92 valence electrons. The topological polar surface area (TPSA) is 90.1 Å². The number of methoxy groups -OCH3 is 1. The van der Waals surface area contributed by atoms with E-state index in [9.17, 15) is 4.79 Å². The van der Waals surface area contributed by atoms with E-state index < -0.39 is 5.91 Å². The van der Waals surface area contributed by atoms with E-state index in [1.807, 2.05) is 0 Å². The molecule has 6 heteroatoms. The summed E-state index contributed by atoms with van der Waals surface area (Å²) in [6.45, 7) is 0. The molecular formula is C12H12N4O2. The SMILES string of the molecule is COc1ccnc(C(=O)NN)c1-c1ccncc1. The zero-order valence-electron chi connectivity index (χ0n) is 9.75. The van der Waals surface area contributed by atoms with Crippen molar-refractivity contribution in [2.24, 2.45) is 5.84 Å². The number of aromatic nitrogens is 2. The lowest BCUT2D eigenvalue weighted by atomic mass is 10.0. The van der Waals surface area contributed by atoms with Crippen molar-refractivity contribution in [2.45, 2.75) is 0 Å². The predicted molar refractivity (Wildman–Crippen MR) is 65.7 cm³/mol. The van der Waals surface area contributed by atoms with E-state index >= 15 is 0 Å². The minimum absolute atomic E-state index is 0.211. The Morgan fingerprint density at radius 1 is 1.28 bits per heavy atom. The lowest BCUT2D eigenvalue weighted by Crippen LogP contribution is -2.31. The summed E-state index contributed by atoms with van der Waals surface area (Å²) >= 11 is 0. The average molecular weight is 244 g/mol. The van der Waals surface area contributed by atoms with Gasteiger partial charge in [0.1, 0.15) is 11.4 Å². The molecule has 2 heterocycles. The molecule has 0 spiro atoms. The molecule has 1 amide bonds. The van der Waals surface area contributed by atoms with Crippen LogP contribution in [0.1, 0.15) is 10.5 Å². The average Bonchev–Trinajstić information content (AvgIpc) is 2.46. The fourth-order valence-electron chi connectivity index (χ4n) is 1.65. The fourth-order valence-corrected chi connectivity index (χ4v) is 1.65. The highest BCUT2D eigenvalue weighted by Gasteiger charge is 2.17. The number of hydrazine groups is 1. The second-order valence-electron chi connectivity index (χ2n) is 3.45. The first kappa shape index (κ1) is 12.0. The van der Waals surface area contributed by atoms with Gasteiger partial charge in [-0.15, -0.1) is 0 Å². The number of rotatable bonds is 3. The third-order valence-electron chi connectivity index (χ3n) is 2.45. The van der Waals surface area contributed by atoms with Crippen LogP contribution in [0.25, 0.3) is 11.1 Å². The zero-order valence-corrected chi connectivity index (χ0v) is 9.75. The number of nitrogens with two attached hydrogens (primary N) is 1. The second-order valence-corrected chi connectivity index (χ2v) is 3.45. The van der Waals surface area contributed by atoms with Crippen LogP contribution in [0.2, 0.25) is 0 Å². The van der Waals surface area contributed by atoms with Crippen molar-refractivity contribution in [2.75, 3.05) is 7.11 Å². The largest absolute Gasteiger partial charge is 0.496 e. The lowest BCUT2D eigenvalue weighted by molar-refractivity contribution is 0.0949. The van der Waals surface area contributed by atoms with Gasteiger partial charge in [-0.3, -0.25) is 20.2 Å². The molecule has 6 nitrogen and oxygen atoms in total. The number of hydrogen-bond acceptors (Lipinski definition) is 5. The van der Waals surface area contributed by atoms with Gasteiger partial charge in [-0.05, 0) is 23.8 Å². The number of nitrogens with one attached hydrogen (secondary N) is 1. The van der Waals surface area contributed by atoms with Crippen LogP contribution in [0.5, 0.6) is 5.75 Å². The highest BCUT2D eigenvalue weighted by atomic mass is 16.5. The van der Waals surface area contributed by atoms with Gasteiger partial charge in [-0.1, -0.05) is 0 Å². The van der Waals surface area contributed by atoms with Crippen LogP contribution in [0, 0.1) is 0 Å². The van der Waals surface area contributed by atoms with Crippen molar-refractivity contribution < 1.29 is 9.53 Å². The van der Waals surface area contributed by atoms with E-state index in [0.29, 0.717) is 11.3 Å². The summed E-state index contributed by atoms with van der Waals surface area (Å²) in [6, 6.07) is 5.22. The Kier molecular flexibility index (Phi) is 3.49. The van der Waals surface area contributed by atoms with Crippen LogP contribution in [0.15, 0.2) is 36.8 Å². The van der Waals surface area contributed by atoms with Gasteiger partial charge in [0.05, 0.1) is 12.7 Å². The molecular weight excluding hydrogens is 232 g/mol. The first-order valence-electron chi connectivity index (χ1n) is 5.22.